The second-order valence-electron chi connectivity index (χ2n) is 9.56. The lowest BCUT2D eigenvalue weighted by molar-refractivity contribution is 0.118. The minimum Gasteiger partial charge on any atom is -0.507 e. The number of phenols is 1. The number of piperidine rings is 1. The smallest absolute Gasteiger partial charge is 0.286 e. The van der Waals surface area contributed by atoms with Crippen molar-refractivity contribution in [1.82, 2.24) is 30.7 Å². The number of hydrogen-bond acceptors (Lipinski definition) is 6. The number of phenolic OH excluding ortho intramolecular Hbond substituents is 1. The van der Waals surface area contributed by atoms with Gasteiger partial charge in [0.25, 0.3) is 6.04 Å². The summed E-state index contributed by atoms with van der Waals surface area (Å²) in [5.41, 5.74) is 2.61. The molecule has 31 heavy (non-hydrogen) atoms. The highest BCUT2D eigenvalue weighted by Crippen LogP contribution is 2.41. The molecule has 1 aliphatic rings. The molecule has 8 nitrogen and oxygen atoms in total. The summed E-state index contributed by atoms with van der Waals surface area (Å²) in [5.74, 6) is 0.664. The van der Waals surface area contributed by atoms with E-state index < -0.39 is 6.04 Å². The first-order valence-electron chi connectivity index (χ1n) is 10.4. The van der Waals surface area contributed by atoms with Crippen LogP contribution in [0.25, 0.3) is 27.2 Å². The molecule has 4 rings (SSSR count). The van der Waals surface area contributed by atoms with Crippen LogP contribution in [-0.4, -0.2) is 41.6 Å². The monoisotopic (exact) mass is 417 g/mol. The standard InChI is InChI=1S/C23H27N7O/c1-22(2)9-15(10-23(3,4)30-22)20(24-5)21-25-13-18(28-29-21)17-7-6-14(8-19(17)31)16-11-26-27-12-16/h6-8,11-13,15,20,30-31H,9-10H2,1-4H3,(H,26,27). The van der Waals surface area contributed by atoms with Crippen molar-refractivity contribution >= 4 is 0 Å². The Morgan fingerprint density at radius 2 is 1.84 bits per heavy atom. The molecule has 1 unspecified atom stereocenters. The molecule has 1 atom stereocenters. The zero-order valence-electron chi connectivity index (χ0n) is 18.2. The van der Waals surface area contributed by atoms with Gasteiger partial charge in [-0.15, -0.1) is 10.2 Å². The van der Waals surface area contributed by atoms with Gasteiger partial charge < -0.3 is 15.3 Å². The van der Waals surface area contributed by atoms with Gasteiger partial charge >= 0.3 is 0 Å². The number of aromatic hydroxyl groups is 1. The SMILES string of the molecule is [C-]#[N+]C(c1ncc(-c2ccc(-c3cn[nH]c3)cc2O)nn1)C1CC(C)(C)NC(C)(C)C1. The number of rotatable bonds is 4. The molecular weight excluding hydrogens is 390 g/mol. The van der Waals surface area contributed by atoms with E-state index >= 15 is 0 Å². The Morgan fingerprint density at radius 1 is 1.10 bits per heavy atom. The first-order valence-corrected chi connectivity index (χ1v) is 10.4. The number of aromatic amines is 1. The highest BCUT2D eigenvalue weighted by atomic mass is 16.3. The van der Waals surface area contributed by atoms with Crippen LogP contribution >= 0.6 is 0 Å². The molecule has 3 heterocycles. The van der Waals surface area contributed by atoms with E-state index in [9.17, 15) is 5.11 Å². The van der Waals surface area contributed by atoms with E-state index in [1.165, 1.54) is 0 Å². The van der Waals surface area contributed by atoms with Gasteiger partial charge in [-0.05, 0) is 58.2 Å². The number of benzene rings is 1. The molecule has 0 radical (unpaired) electrons. The Bertz CT molecular complexity index is 1080. The lowest BCUT2D eigenvalue weighted by Crippen LogP contribution is -2.58. The van der Waals surface area contributed by atoms with E-state index in [4.69, 9.17) is 6.57 Å². The minimum absolute atomic E-state index is 0.0642. The third kappa shape index (κ3) is 4.42. The second kappa shape index (κ2) is 7.75. The van der Waals surface area contributed by atoms with Crippen molar-refractivity contribution in [3.05, 3.63) is 54.0 Å². The van der Waals surface area contributed by atoms with Crippen LogP contribution in [0.5, 0.6) is 5.75 Å². The van der Waals surface area contributed by atoms with E-state index in [0.717, 1.165) is 24.0 Å². The molecular formula is C23H27N7O. The van der Waals surface area contributed by atoms with Gasteiger partial charge in [-0.1, -0.05) is 6.07 Å². The lowest BCUT2D eigenvalue weighted by Gasteiger charge is -2.46. The van der Waals surface area contributed by atoms with Crippen LogP contribution in [0.4, 0.5) is 0 Å². The number of nitrogens with one attached hydrogen (secondary N) is 2. The van der Waals surface area contributed by atoms with Crippen molar-refractivity contribution in [3.8, 4) is 28.1 Å². The summed E-state index contributed by atoms with van der Waals surface area (Å²) in [7, 11) is 0. The predicted molar refractivity (Wildman–Crippen MR) is 118 cm³/mol. The second-order valence-corrected chi connectivity index (χ2v) is 9.56. The van der Waals surface area contributed by atoms with Gasteiger partial charge in [0.05, 0.1) is 12.4 Å². The van der Waals surface area contributed by atoms with Crippen LogP contribution in [0.1, 0.15) is 52.4 Å². The highest BCUT2D eigenvalue weighted by molar-refractivity contribution is 5.73. The number of nitrogens with zero attached hydrogens (tertiary/aromatic N) is 5. The lowest BCUT2D eigenvalue weighted by atomic mass is 9.73. The molecule has 0 spiro atoms. The van der Waals surface area contributed by atoms with Crippen molar-refractivity contribution < 1.29 is 5.11 Å². The molecule has 2 aromatic heterocycles. The zero-order chi connectivity index (χ0) is 22.2. The number of H-pyrrole nitrogens is 1. The average Bonchev–Trinajstić information content (AvgIpc) is 3.22. The van der Waals surface area contributed by atoms with Crippen molar-refractivity contribution in [1.29, 1.82) is 0 Å². The van der Waals surface area contributed by atoms with Crippen molar-refractivity contribution in [2.24, 2.45) is 5.92 Å². The summed E-state index contributed by atoms with van der Waals surface area (Å²) >= 11 is 0. The van der Waals surface area contributed by atoms with Gasteiger partial charge in [0.1, 0.15) is 11.4 Å². The number of aromatic nitrogens is 5. The minimum atomic E-state index is -0.445. The normalized spacial score (nSPS) is 18.9. The van der Waals surface area contributed by atoms with Crippen LogP contribution in [0.3, 0.4) is 0 Å². The Balaban J connectivity index is 1.58. The van der Waals surface area contributed by atoms with Gasteiger partial charge in [-0.2, -0.15) is 5.10 Å². The van der Waals surface area contributed by atoms with Crippen LogP contribution < -0.4 is 5.32 Å². The van der Waals surface area contributed by atoms with Crippen LogP contribution in [0, 0.1) is 12.5 Å². The molecule has 0 amide bonds. The predicted octanol–water partition coefficient (Wildman–Crippen LogP) is 4.15. The molecule has 0 saturated carbocycles. The van der Waals surface area contributed by atoms with Gasteiger partial charge in [-0.3, -0.25) is 5.10 Å². The fraction of sp³-hybridized carbons (Fsp3) is 0.435. The van der Waals surface area contributed by atoms with Crippen LogP contribution in [0.2, 0.25) is 0 Å². The zero-order valence-corrected chi connectivity index (χ0v) is 18.2. The third-order valence-electron chi connectivity index (χ3n) is 5.76. The van der Waals surface area contributed by atoms with Crippen molar-refractivity contribution in [3.63, 3.8) is 0 Å². The van der Waals surface area contributed by atoms with E-state index in [1.54, 1.807) is 30.7 Å². The Morgan fingerprint density at radius 3 is 2.39 bits per heavy atom. The quantitative estimate of drug-likeness (QED) is 0.551. The summed E-state index contributed by atoms with van der Waals surface area (Å²) in [6, 6.07) is 4.89. The molecule has 1 saturated heterocycles. The van der Waals surface area contributed by atoms with Crippen LogP contribution in [-0.2, 0) is 0 Å². The molecule has 3 N–H and O–H groups in total. The Hall–Kier alpha value is -3.31. The molecule has 0 aliphatic carbocycles. The van der Waals surface area contributed by atoms with Crippen LogP contribution in [0.15, 0.2) is 36.8 Å². The summed E-state index contributed by atoms with van der Waals surface area (Å²) in [5, 5.41) is 29.4. The van der Waals surface area contributed by atoms with E-state index in [0.29, 0.717) is 17.1 Å². The molecule has 0 bridgehead atoms. The first kappa shape index (κ1) is 20.9. The largest absolute Gasteiger partial charge is 0.507 e. The maximum atomic E-state index is 10.5. The van der Waals surface area contributed by atoms with Crippen molar-refractivity contribution in [2.45, 2.75) is 57.7 Å². The third-order valence-corrected chi connectivity index (χ3v) is 5.76. The van der Waals surface area contributed by atoms with Gasteiger partial charge in [0.2, 0.25) is 5.82 Å². The van der Waals surface area contributed by atoms with Crippen molar-refractivity contribution in [2.75, 3.05) is 0 Å². The van der Waals surface area contributed by atoms with E-state index in [2.05, 4.69) is 63.2 Å². The fourth-order valence-electron chi connectivity index (χ4n) is 4.88. The Labute approximate surface area is 182 Å². The van der Waals surface area contributed by atoms with Gasteiger partial charge in [-0.25, -0.2) is 11.6 Å². The maximum Gasteiger partial charge on any atom is 0.286 e. The molecule has 160 valence electrons. The Kier molecular flexibility index (Phi) is 5.23. The average molecular weight is 418 g/mol. The topological polar surface area (TPSA) is 104 Å². The molecule has 1 fully saturated rings. The van der Waals surface area contributed by atoms with Gasteiger partial charge in [0.15, 0.2) is 0 Å². The first-order chi connectivity index (χ1) is 14.7. The molecule has 8 heteroatoms. The summed E-state index contributed by atoms with van der Waals surface area (Å²) < 4.78 is 0. The molecule has 1 aliphatic heterocycles. The summed E-state index contributed by atoms with van der Waals surface area (Å²) in [6.07, 6.45) is 6.77. The van der Waals surface area contributed by atoms with E-state index in [1.807, 2.05) is 6.07 Å². The highest BCUT2D eigenvalue weighted by Gasteiger charge is 2.44. The molecule has 1 aromatic carbocycles. The number of hydrogen-bond donors (Lipinski definition) is 3. The fourth-order valence-corrected chi connectivity index (χ4v) is 4.88. The van der Waals surface area contributed by atoms with Gasteiger partial charge in [0, 0.05) is 34.3 Å². The molecule has 3 aromatic rings. The van der Waals surface area contributed by atoms with E-state index in [-0.39, 0.29) is 22.7 Å². The maximum absolute atomic E-state index is 10.5. The summed E-state index contributed by atoms with van der Waals surface area (Å²) in [6.45, 7) is 16.5. The summed E-state index contributed by atoms with van der Waals surface area (Å²) in [4.78, 5) is 8.35.